The van der Waals surface area contributed by atoms with Gasteiger partial charge in [-0.25, -0.2) is 0 Å². The first-order valence-electron chi connectivity index (χ1n) is 5.53. The Labute approximate surface area is 151 Å². The van der Waals surface area contributed by atoms with E-state index < -0.39 is 48.9 Å². The molecule has 0 saturated heterocycles. The van der Waals surface area contributed by atoms with E-state index in [1.807, 2.05) is 0 Å². The Kier molecular flexibility index (Phi) is 14.2. The molecule has 0 aromatic rings. The number of rotatable bonds is 11. The molecule has 0 saturated carbocycles. The van der Waals surface area contributed by atoms with E-state index in [1.165, 1.54) is 0 Å². The van der Waals surface area contributed by atoms with Crippen molar-refractivity contribution < 1.29 is 34.1 Å². The molecule has 0 aliphatic carbocycles. The first-order valence-corrected chi connectivity index (χ1v) is 7.09. The quantitative estimate of drug-likeness (QED) is 0.153. The van der Waals surface area contributed by atoms with Crippen LogP contribution in [0.1, 0.15) is 0 Å². The normalized spacial score (nSPS) is 13.9. The van der Waals surface area contributed by atoms with Gasteiger partial charge in [-0.05, 0) is 0 Å². The third kappa shape index (κ3) is 6.30. The van der Waals surface area contributed by atoms with E-state index in [0.717, 1.165) is 0 Å². The second-order valence-electron chi connectivity index (χ2n) is 4.55. The van der Waals surface area contributed by atoms with Gasteiger partial charge in [-0.3, -0.25) is 3.83 Å². The second kappa shape index (κ2) is 12.0. The topological polar surface area (TPSA) is 120 Å². The average Bonchev–Trinajstić information content (AvgIpc) is 2.48. The zero-order valence-electron chi connectivity index (χ0n) is 10.8. The second-order valence-corrected chi connectivity index (χ2v) is 5.76. The fourth-order valence-electron chi connectivity index (χ4n) is 1.20. The fourth-order valence-corrected chi connectivity index (χ4v) is 2.02. The molecule has 0 spiro atoms. The maximum atomic E-state index is 9.36. The van der Waals surface area contributed by atoms with E-state index in [9.17, 15) is 10.2 Å². The van der Waals surface area contributed by atoms with Crippen molar-refractivity contribution in [1.29, 1.82) is 0 Å². The van der Waals surface area contributed by atoms with Crippen LogP contribution in [0.25, 0.3) is 0 Å². The fraction of sp³-hybridized carbons (Fsp3) is 1.00. The molecule has 0 aromatic heterocycles. The van der Waals surface area contributed by atoms with Gasteiger partial charge in [-0.1, -0.05) is 15.9 Å². The van der Waals surface area contributed by atoms with Gasteiger partial charge in [0.1, 0.15) is 5.01 Å². The van der Waals surface area contributed by atoms with Gasteiger partial charge < -0.3 is 30.3 Å². The van der Waals surface area contributed by atoms with E-state index in [-0.39, 0.29) is 36.9 Å². The molecule has 10 heteroatoms. The van der Waals surface area contributed by atoms with Gasteiger partial charge >= 0.3 is 23.7 Å². The summed E-state index contributed by atoms with van der Waals surface area (Å²) in [4.78, 5) is 0. The minimum absolute atomic E-state index is 0. The van der Waals surface area contributed by atoms with Gasteiger partial charge in [0.2, 0.25) is 0 Å². The molecule has 1 atom stereocenters. The number of ether oxygens (including phenoxy) is 1. The maximum absolute atomic E-state index is 9.36. The number of hydrogen-bond donors (Lipinski definition) is 5. The number of alkyl halides is 1. The molecule has 20 heavy (non-hydrogen) atoms. The van der Waals surface area contributed by atoms with E-state index in [2.05, 4.69) is 32.2 Å². The van der Waals surface area contributed by atoms with Crippen LogP contribution in [-0.4, -0.2) is 100 Å². The van der Waals surface area contributed by atoms with Crippen LogP contribution in [0.5, 0.6) is 0 Å². The van der Waals surface area contributed by atoms with Crippen LogP contribution in [0, 0.1) is 10.8 Å². The van der Waals surface area contributed by atoms with Crippen molar-refractivity contribution in [3.05, 3.63) is 0 Å². The molecule has 7 nitrogen and oxygen atoms in total. The first kappa shape index (κ1) is 23.7. The molecule has 0 heterocycles. The van der Waals surface area contributed by atoms with Crippen molar-refractivity contribution in [2.24, 2.45) is 10.8 Å². The third-order valence-electron chi connectivity index (χ3n) is 2.99. The minimum atomic E-state index is -1.16. The Morgan fingerprint density at radius 3 is 1.60 bits per heavy atom. The van der Waals surface area contributed by atoms with Gasteiger partial charge in [-0.2, -0.15) is 0 Å². The van der Waals surface area contributed by atoms with Crippen LogP contribution >= 0.6 is 32.2 Å². The predicted molar refractivity (Wildman–Crippen MR) is 82.4 cm³/mol. The Morgan fingerprint density at radius 2 is 1.30 bits per heavy atom. The summed E-state index contributed by atoms with van der Waals surface area (Å²) in [6, 6.07) is 0. The summed E-state index contributed by atoms with van der Waals surface area (Å²) in [5, 5.41) is 45.4. The molecule has 0 aliphatic rings. The molecule has 124 valence electrons. The molecule has 1 unspecified atom stereocenters. The zero-order valence-corrected chi connectivity index (χ0v) is 16.9. The van der Waals surface area contributed by atoms with E-state index >= 15 is 0 Å². The number of aliphatic hydroxyl groups excluding tert-OH is 5. The zero-order chi connectivity index (χ0) is 14.9. The monoisotopic (exact) mass is 542 g/mol. The van der Waals surface area contributed by atoms with Crippen LogP contribution in [0.4, 0.5) is 0 Å². The summed E-state index contributed by atoms with van der Waals surface area (Å²) in [6.45, 7) is -2.37. The molecular weight excluding hydrogens is 520 g/mol. The SMILES string of the molecule is OCC(CO)(CO)COCC(CO)(CO)C(Br)OBr.[TeH2]. The number of hydrogen-bond acceptors (Lipinski definition) is 7. The first-order chi connectivity index (χ1) is 8.99. The van der Waals surface area contributed by atoms with E-state index in [4.69, 9.17) is 23.9 Å². The molecule has 0 fully saturated rings. The molecule has 5 N–H and O–H groups in total. The van der Waals surface area contributed by atoms with Crippen LogP contribution < -0.4 is 0 Å². The molecule has 0 aliphatic heterocycles. The van der Waals surface area contributed by atoms with Gasteiger partial charge in [0.15, 0.2) is 0 Å². The van der Waals surface area contributed by atoms with Crippen LogP contribution in [-0.2, 0) is 8.57 Å². The summed E-state index contributed by atoms with van der Waals surface area (Å²) in [5.41, 5.74) is -2.26. The van der Waals surface area contributed by atoms with E-state index in [1.54, 1.807) is 0 Å². The molecule has 0 bridgehead atoms. The van der Waals surface area contributed by atoms with Crippen molar-refractivity contribution in [1.82, 2.24) is 0 Å². The standard InChI is InChI=1S/C10H20Br2O7.H2Te/c11-8(19-12)10(4-16,5-17)7-18-6-9(1-13,2-14)3-15;/h8,13-17H,1-7H2;1H2. The van der Waals surface area contributed by atoms with Gasteiger partial charge in [-0.15, -0.1) is 0 Å². The van der Waals surface area contributed by atoms with Crippen LogP contribution in [0.3, 0.4) is 0 Å². The third-order valence-corrected chi connectivity index (χ3v) is 5.03. The van der Waals surface area contributed by atoms with E-state index in [0.29, 0.717) is 0 Å². The Hall–Kier alpha value is 1.47. The van der Waals surface area contributed by atoms with Crippen molar-refractivity contribution in [3.63, 3.8) is 0 Å². The van der Waals surface area contributed by atoms with Crippen molar-refractivity contribution in [2.75, 3.05) is 46.2 Å². The summed E-state index contributed by atoms with van der Waals surface area (Å²) in [6.07, 6.45) is 0. The molecule has 0 aromatic carbocycles. The van der Waals surface area contributed by atoms with Crippen molar-refractivity contribution >= 4 is 55.9 Å². The average molecular weight is 542 g/mol. The molecule has 0 rings (SSSR count). The Balaban J connectivity index is 0. The molecular formula is C10H22Br2O7Te. The Bertz CT molecular complexity index is 231. The predicted octanol–water partition coefficient (Wildman–Crippen LogP) is -1.93. The summed E-state index contributed by atoms with van der Waals surface area (Å²) in [5.74, 6) is 0. The van der Waals surface area contributed by atoms with Crippen molar-refractivity contribution in [3.8, 4) is 0 Å². The summed E-state index contributed by atoms with van der Waals surface area (Å²) in [7, 11) is 0. The number of aliphatic hydroxyl groups is 5. The molecule has 0 amide bonds. The Morgan fingerprint density at radius 1 is 0.850 bits per heavy atom. The summed E-state index contributed by atoms with van der Waals surface area (Å²) >= 11 is 5.90. The van der Waals surface area contributed by atoms with Crippen molar-refractivity contribution in [2.45, 2.75) is 5.01 Å². The van der Waals surface area contributed by atoms with Crippen LogP contribution in [0.2, 0.25) is 0 Å². The van der Waals surface area contributed by atoms with Gasteiger partial charge in [0.05, 0.1) is 73.3 Å². The molecule has 0 radical (unpaired) electrons. The van der Waals surface area contributed by atoms with Crippen LogP contribution in [0.15, 0.2) is 0 Å². The van der Waals surface area contributed by atoms with Gasteiger partial charge in [0.25, 0.3) is 0 Å². The summed E-state index contributed by atoms with van der Waals surface area (Å²) < 4.78 is 10.2. The number of halogens is 2. The van der Waals surface area contributed by atoms with Gasteiger partial charge in [0, 0.05) is 0 Å².